The SMILES string of the molecule is CC/C=C\C/C=C\C/C=C\C/C=C\CCCCCCC(=O)OCC(COP(=O)(O)OCC(O)COP(=O)(O)OCC(COC(=O)CCCCCCCC/C=C\C/C=C\C/C=C\CCCCC)OC(=O)CCCCCCCCCCCCC)OC(=O)CCCCCCCCC/C=C\C/C=C\C/C=C\CC. The summed E-state index contributed by atoms with van der Waals surface area (Å²) < 4.78 is 68.6. The van der Waals surface area contributed by atoms with E-state index in [1.165, 1.54) is 57.8 Å². The number of phosphoric acid groups is 2. The van der Waals surface area contributed by atoms with Crippen LogP contribution in [0.2, 0.25) is 0 Å². The van der Waals surface area contributed by atoms with Crippen molar-refractivity contribution >= 4 is 39.5 Å². The van der Waals surface area contributed by atoms with Crippen molar-refractivity contribution in [2.45, 2.75) is 354 Å². The minimum absolute atomic E-state index is 0.0761. The fourth-order valence-electron chi connectivity index (χ4n) is 10.8. The highest BCUT2D eigenvalue weighted by atomic mass is 31.2. The molecule has 0 fully saturated rings. The summed E-state index contributed by atoms with van der Waals surface area (Å²) in [7, 11) is -9.97. The van der Waals surface area contributed by atoms with Crippen LogP contribution in [0.5, 0.6) is 0 Å². The summed E-state index contributed by atoms with van der Waals surface area (Å²) in [4.78, 5) is 73.0. The molecule has 0 bridgehead atoms. The average Bonchev–Trinajstić information content (AvgIpc) is 0.930. The molecule has 0 aliphatic heterocycles. The van der Waals surface area contributed by atoms with Crippen LogP contribution in [0.25, 0.3) is 0 Å². The summed E-state index contributed by atoms with van der Waals surface area (Å²) in [5, 5.41) is 10.6. The molecule has 17 nitrogen and oxygen atoms in total. The standard InChI is InChI=1S/C85H146O17P2/c1-5-9-13-17-21-25-29-32-35-38-39-42-44-47-51-54-58-62-66-70-82(87)95-75-80(101-84(89)71-67-63-59-55-49-28-24-20-16-12-8-4)77-99-103(91,92)97-73-79(86)74-98-104(93,94)100-78-81(102-85(90)72-68-64-60-56-52-48-45-41-37-34-31-27-23-19-15-11-7-3)76-96-83(88)69-65-61-57-53-50-46-43-40-36-33-30-26-22-18-14-10-6-2/h10-11,14-15,21-23,25-27,32-37,39,42-43,46,79-81,86H,5-9,12-13,16-20,24,28-31,38,40-41,44-45,47-78H2,1-4H3,(H,91,92)(H,93,94)/b14-10-,15-11-,25-21-,26-22-,27-23-,35-32-,36-33-,37-34-,42-39-,46-43-. The van der Waals surface area contributed by atoms with Gasteiger partial charge in [0.2, 0.25) is 0 Å². The van der Waals surface area contributed by atoms with Crippen LogP contribution >= 0.6 is 15.6 Å². The van der Waals surface area contributed by atoms with Crippen molar-refractivity contribution in [2.75, 3.05) is 39.6 Å². The molecule has 598 valence electrons. The number of carbonyl (C=O) groups excluding carboxylic acids is 4. The molecule has 5 unspecified atom stereocenters. The van der Waals surface area contributed by atoms with Gasteiger partial charge in [0.05, 0.1) is 26.4 Å². The van der Waals surface area contributed by atoms with E-state index in [0.717, 1.165) is 199 Å². The molecule has 0 radical (unpaired) electrons. The first-order valence-corrected chi connectivity index (χ1v) is 43.8. The van der Waals surface area contributed by atoms with Gasteiger partial charge in [-0.05, 0) is 135 Å². The normalized spacial score (nSPS) is 14.5. The van der Waals surface area contributed by atoms with E-state index in [2.05, 4.69) is 149 Å². The predicted molar refractivity (Wildman–Crippen MR) is 427 cm³/mol. The van der Waals surface area contributed by atoms with E-state index >= 15 is 0 Å². The summed E-state index contributed by atoms with van der Waals surface area (Å²) in [5.41, 5.74) is 0. The minimum Gasteiger partial charge on any atom is -0.462 e. The monoisotopic (exact) mass is 1500 g/mol. The van der Waals surface area contributed by atoms with Crippen LogP contribution in [0, 0.1) is 0 Å². The fourth-order valence-corrected chi connectivity index (χ4v) is 12.3. The van der Waals surface area contributed by atoms with E-state index in [9.17, 15) is 43.2 Å². The predicted octanol–water partition coefficient (Wildman–Crippen LogP) is 23.9. The van der Waals surface area contributed by atoms with Gasteiger partial charge in [-0.1, -0.05) is 297 Å². The smallest absolute Gasteiger partial charge is 0.462 e. The molecule has 0 aliphatic rings. The number of rotatable bonds is 76. The molecule has 0 aliphatic carbocycles. The lowest BCUT2D eigenvalue weighted by molar-refractivity contribution is -0.161. The molecule has 0 heterocycles. The highest BCUT2D eigenvalue weighted by molar-refractivity contribution is 7.47. The second-order valence-electron chi connectivity index (χ2n) is 27.0. The molecule has 5 atom stereocenters. The van der Waals surface area contributed by atoms with Crippen molar-refractivity contribution in [1.82, 2.24) is 0 Å². The first kappa shape index (κ1) is 99.5. The van der Waals surface area contributed by atoms with Gasteiger partial charge in [-0.15, -0.1) is 0 Å². The number of allylic oxidation sites excluding steroid dienone is 20. The molecule has 0 spiro atoms. The van der Waals surface area contributed by atoms with E-state index in [1.54, 1.807) is 0 Å². The van der Waals surface area contributed by atoms with Crippen molar-refractivity contribution in [2.24, 2.45) is 0 Å². The molecule has 104 heavy (non-hydrogen) atoms. The number of unbranched alkanes of at least 4 members (excludes halogenated alkanes) is 30. The van der Waals surface area contributed by atoms with Crippen LogP contribution < -0.4 is 0 Å². The largest absolute Gasteiger partial charge is 0.472 e. The summed E-state index contributed by atoms with van der Waals surface area (Å²) >= 11 is 0. The van der Waals surface area contributed by atoms with E-state index in [1.807, 2.05) is 0 Å². The third-order valence-corrected chi connectivity index (χ3v) is 18.8. The molecule has 0 amide bonds. The maximum atomic E-state index is 13.1. The molecule has 3 N–H and O–H groups in total. The number of hydrogen-bond donors (Lipinski definition) is 3. The van der Waals surface area contributed by atoms with Gasteiger partial charge in [-0.2, -0.15) is 0 Å². The number of aliphatic hydroxyl groups excluding tert-OH is 1. The van der Waals surface area contributed by atoms with Crippen LogP contribution in [0.15, 0.2) is 122 Å². The second-order valence-corrected chi connectivity index (χ2v) is 29.9. The number of phosphoric ester groups is 2. The number of esters is 4. The van der Waals surface area contributed by atoms with Gasteiger partial charge < -0.3 is 33.8 Å². The van der Waals surface area contributed by atoms with Gasteiger partial charge >= 0.3 is 39.5 Å². The summed E-state index contributed by atoms with van der Waals surface area (Å²) in [6, 6.07) is 0. The summed E-state index contributed by atoms with van der Waals surface area (Å²) in [6.07, 6.45) is 84.5. The van der Waals surface area contributed by atoms with Gasteiger partial charge in [0.25, 0.3) is 0 Å². The Bertz CT molecular complexity index is 2440. The number of carbonyl (C=O) groups is 4. The van der Waals surface area contributed by atoms with Gasteiger partial charge in [0.15, 0.2) is 12.2 Å². The molecule has 19 heteroatoms. The third-order valence-electron chi connectivity index (χ3n) is 16.9. The lowest BCUT2D eigenvalue weighted by Gasteiger charge is -2.21. The van der Waals surface area contributed by atoms with Crippen LogP contribution in [-0.4, -0.2) is 96.7 Å². The van der Waals surface area contributed by atoms with Crippen LogP contribution in [0.4, 0.5) is 0 Å². The number of aliphatic hydroxyl groups is 1. The Morgan fingerprint density at radius 1 is 0.279 bits per heavy atom. The molecule has 0 saturated heterocycles. The summed E-state index contributed by atoms with van der Waals surface area (Å²) in [5.74, 6) is -2.21. The Labute approximate surface area is 632 Å². The quantitative estimate of drug-likeness (QED) is 0.0169. The van der Waals surface area contributed by atoms with Crippen molar-refractivity contribution in [3.8, 4) is 0 Å². The molecule has 0 aromatic carbocycles. The maximum absolute atomic E-state index is 13.1. The fraction of sp³-hybridized carbons (Fsp3) is 0.718. The zero-order valence-electron chi connectivity index (χ0n) is 65.4. The van der Waals surface area contributed by atoms with Crippen molar-refractivity contribution in [3.05, 3.63) is 122 Å². The minimum atomic E-state index is -4.99. The van der Waals surface area contributed by atoms with Gasteiger partial charge in [0.1, 0.15) is 19.3 Å². The molecule has 0 aromatic heterocycles. The molecular formula is C85H146O17P2. The second kappa shape index (κ2) is 76.6. The van der Waals surface area contributed by atoms with Gasteiger partial charge in [0, 0.05) is 25.7 Å². The van der Waals surface area contributed by atoms with E-state index in [-0.39, 0.29) is 25.7 Å². The molecule has 0 rings (SSSR count). The van der Waals surface area contributed by atoms with Gasteiger partial charge in [-0.25, -0.2) is 9.13 Å². The third kappa shape index (κ3) is 75.7. The lowest BCUT2D eigenvalue weighted by atomic mass is 10.1. The highest BCUT2D eigenvalue weighted by Gasteiger charge is 2.30. The van der Waals surface area contributed by atoms with E-state index in [0.29, 0.717) is 25.7 Å². The topological polar surface area (TPSA) is 237 Å². The number of ether oxygens (including phenoxy) is 4. The van der Waals surface area contributed by atoms with Crippen LogP contribution in [0.3, 0.4) is 0 Å². The Balaban J connectivity index is 5.35. The average molecular weight is 1500 g/mol. The van der Waals surface area contributed by atoms with Crippen molar-refractivity contribution < 1.29 is 80.2 Å². The summed E-state index contributed by atoms with van der Waals surface area (Å²) in [6.45, 7) is 4.60. The molecular weight excluding hydrogens is 1350 g/mol. The Morgan fingerprint density at radius 2 is 0.500 bits per heavy atom. The van der Waals surface area contributed by atoms with Gasteiger partial charge in [-0.3, -0.25) is 37.3 Å². The highest BCUT2D eigenvalue weighted by Crippen LogP contribution is 2.45. The zero-order chi connectivity index (χ0) is 76.0. The Hall–Kier alpha value is -4.54. The first-order chi connectivity index (χ1) is 50.7. The van der Waals surface area contributed by atoms with E-state index in [4.69, 9.17) is 37.0 Å². The first-order valence-electron chi connectivity index (χ1n) is 40.8. The number of hydrogen-bond acceptors (Lipinski definition) is 15. The molecule has 0 aromatic rings. The van der Waals surface area contributed by atoms with Crippen LogP contribution in [-0.2, 0) is 65.4 Å². The zero-order valence-corrected chi connectivity index (χ0v) is 67.2. The maximum Gasteiger partial charge on any atom is 0.472 e. The lowest BCUT2D eigenvalue weighted by Crippen LogP contribution is -2.30. The van der Waals surface area contributed by atoms with E-state index < -0.39 is 97.5 Å². The molecule has 0 saturated carbocycles. The van der Waals surface area contributed by atoms with Crippen molar-refractivity contribution in [1.29, 1.82) is 0 Å². The van der Waals surface area contributed by atoms with Crippen molar-refractivity contribution in [3.63, 3.8) is 0 Å². The van der Waals surface area contributed by atoms with Crippen LogP contribution in [0.1, 0.15) is 336 Å². The Morgan fingerprint density at radius 3 is 0.788 bits per heavy atom. The Kier molecular flexibility index (Phi) is 73.3.